The minimum atomic E-state index is -0.631. The number of aryl methyl sites for hydroxylation is 5. The Morgan fingerprint density at radius 3 is 1.48 bits per heavy atom. The maximum atomic E-state index is 13.2. The summed E-state index contributed by atoms with van der Waals surface area (Å²) in [5.41, 5.74) is 0.535. The summed E-state index contributed by atoms with van der Waals surface area (Å²) in [7, 11) is 11.7. The molecule has 0 bridgehead atoms. The molecule has 0 aromatic carbocycles. The number of aromatic nitrogens is 8. The average Bonchev–Trinajstić information content (AvgIpc) is 4.19. The lowest BCUT2D eigenvalue weighted by molar-refractivity contribution is -0.121. The van der Waals surface area contributed by atoms with E-state index in [1.165, 1.54) is 55.2 Å². The number of imidazole rings is 3. The maximum absolute atomic E-state index is 13.2. The van der Waals surface area contributed by atoms with Crippen LogP contribution >= 0.6 is 0 Å². The van der Waals surface area contributed by atoms with Crippen molar-refractivity contribution < 1.29 is 47.9 Å². The third-order valence-corrected chi connectivity index (χ3v) is 11.4. The topological polar surface area (TPSA) is 329 Å². The number of rotatable bonds is 26. The van der Waals surface area contributed by atoms with E-state index < -0.39 is 47.0 Å². The van der Waals surface area contributed by atoms with Crippen LogP contribution in [-0.4, -0.2) is 166 Å². The number of carbonyl (C=O) groups is 9. The van der Waals surface area contributed by atoms with Crippen LogP contribution in [0.15, 0.2) is 49.3 Å². The Kier molecular flexibility index (Phi) is 20.8. The second-order valence-corrected chi connectivity index (χ2v) is 19.2. The van der Waals surface area contributed by atoms with Gasteiger partial charge in [0, 0.05) is 131 Å². The van der Waals surface area contributed by atoms with Crippen molar-refractivity contribution in [2.24, 2.45) is 35.2 Å². The first-order valence-corrected chi connectivity index (χ1v) is 24.7. The summed E-state index contributed by atoms with van der Waals surface area (Å²) < 4.78 is 12.8. The molecular weight excluding hydrogens is 1000 g/mol. The Balaban J connectivity index is 0.954. The van der Waals surface area contributed by atoms with Crippen LogP contribution in [0.3, 0.4) is 0 Å². The molecular formula is C49H70N18O10. The van der Waals surface area contributed by atoms with E-state index in [-0.39, 0.29) is 97.1 Å². The quantitative estimate of drug-likeness (QED) is 0.0363. The Morgan fingerprint density at radius 2 is 0.987 bits per heavy atom. The van der Waals surface area contributed by atoms with Gasteiger partial charge in [0.2, 0.25) is 29.4 Å². The van der Waals surface area contributed by atoms with Crippen molar-refractivity contribution in [3.05, 3.63) is 78.2 Å². The second kappa shape index (κ2) is 27.1. The highest BCUT2D eigenvalue weighted by Crippen LogP contribution is 2.17. The van der Waals surface area contributed by atoms with Gasteiger partial charge in [-0.2, -0.15) is 0 Å². The van der Waals surface area contributed by atoms with Crippen molar-refractivity contribution in [1.82, 2.24) is 68.9 Å². The lowest BCUT2D eigenvalue weighted by Gasteiger charge is -2.25. The summed E-state index contributed by atoms with van der Waals surface area (Å²) in [6.07, 6.45) is 10.1. The zero-order chi connectivity index (χ0) is 56.6. The Hall–Kier alpha value is -8.82. The molecule has 8 N–H and O–H groups in total. The molecule has 0 radical (unpaired) electrons. The Morgan fingerprint density at radius 1 is 0.519 bits per heavy atom. The first-order chi connectivity index (χ1) is 36.4. The monoisotopic (exact) mass is 1070 g/mol. The zero-order valence-electron chi connectivity index (χ0n) is 45.2. The fraction of sp³-hybridized carbons (Fsp3) is 0.469. The van der Waals surface area contributed by atoms with Crippen molar-refractivity contribution >= 4 is 76.4 Å². The third kappa shape index (κ3) is 18.2. The first kappa shape index (κ1) is 59.1. The van der Waals surface area contributed by atoms with Crippen LogP contribution in [0.4, 0.5) is 27.8 Å². The molecule has 77 heavy (non-hydrogen) atoms. The van der Waals surface area contributed by atoms with Gasteiger partial charge in [0.1, 0.15) is 17.0 Å². The van der Waals surface area contributed by atoms with E-state index in [0.717, 1.165) is 25.9 Å². The van der Waals surface area contributed by atoms with Gasteiger partial charge >= 0.3 is 6.09 Å². The number of amides is 9. The SMILES string of the molecule is CN(CCCNC(=O)CCNC(=O)c1nc(NC(=O)CCNC(=O)c2cc(NC(=O)c3nc(NC(=O)CCNC(=O)c4cc(NC(=O)c5nccn5C)cn4C)cn3C)cn2C)cn1C)CCCN(C)C(=O)OC(C)(C)C. The molecule has 28 nitrogen and oxygen atoms in total. The van der Waals surface area contributed by atoms with Gasteiger partial charge in [-0.15, -0.1) is 0 Å². The number of ether oxygens (including phenoxy) is 1. The van der Waals surface area contributed by atoms with E-state index in [2.05, 4.69) is 62.4 Å². The van der Waals surface area contributed by atoms with E-state index >= 15 is 0 Å². The van der Waals surface area contributed by atoms with Crippen molar-refractivity contribution in [2.75, 3.05) is 81.2 Å². The van der Waals surface area contributed by atoms with Crippen LogP contribution in [0.25, 0.3) is 0 Å². The highest BCUT2D eigenvalue weighted by Gasteiger charge is 2.22. The third-order valence-electron chi connectivity index (χ3n) is 11.4. The molecule has 0 unspecified atom stereocenters. The number of anilines is 4. The second-order valence-electron chi connectivity index (χ2n) is 19.2. The van der Waals surface area contributed by atoms with Crippen molar-refractivity contribution in [3.63, 3.8) is 0 Å². The molecule has 0 atom stereocenters. The first-order valence-electron chi connectivity index (χ1n) is 24.7. The lowest BCUT2D eigenvalue weighted by Crippen LogP contribution is -2.36. The van der Waals surface area contributed by atoms with Crippen LogP contribution in [0.5, 0.6) is 0 Å². The minimum Gasteiger partial charge on any atom is -0.444 e. The van der Waals surface area contributed by atoms with Crippen LogP contribution in [-0.2, 0) is 54.4 Å². The van der Waals surface area contributed by atoms with Gasteiger partial charge < -0.3 is 79.9 Å². The molecule has 9 amide bonds. The van der Waals surface area contributed by atoms with Gasteiger partial charge in [0.05, 0.1) is 11.4 Å². The average molecular weight is 1070 g/mol. The molecule has 0 saturated carbocycles. The molecule has 0 fully saturated rings. The summed E-state index contributed by atoms with van der Waals surface area (Å²) in [4.78, 5) is 131. The molecule has 5 rings (SSSR count). The van der Waals surface area contributed by atoms with Gasteiger partial charge in [-0.3, -0.25) is 38.4 Å². The molecule has 5 aromatic rings. The van der Waals surface area contributed by atoms with Crippen LogP contribution in [0, 0.1) is 0 Å². The molecule has 0 saturated heterocycles. The van der Waals surface area contributed by atoms with Gasteiger partial charge in [0.15, 0.2) is 17.5 Å². The number of hydrogen-bond acceptors (Lipinski definition) is 14. The molecule has 0 aliphatic carbocycles. The van der Waals surface area contributed by atoms with E-state index in [4.69, 9.17) is 4.74 Å². The fourth-order valence-electron chi connectivity index (χ4n) is 7.48. The zero-order valence-corrected chi connectivity index (χ0v) is 45.2. The molecule has 416 valence electrons. The molecule has 5 aromatic heterocycles. The fourth-order valence-corrected chi connectivity index (χ4v) is 7.48. The molecule has 0 aliphatic rings. The lowest BCUT2D eigenvalue weighted by atomic mass is 10.2. The van der Waals surface area contributed by atoms with E-state index in [0.29, 0.717) is 18.8 Å². The van der Waals surface area contributed by atoms with E-state index in [9.17, 15) is 43.2 Å². The Labute approximate surface area is 445 Å². The van der Waals surface area contributed by atoms with E-state index in [1.807, 2.05) is 27.8 Å². The van der Waals surface area contributed by atoms with E-state index in [1.54, 1.807) is 64.1 Å². The van der Waals surface area contributed by atoms with Crippen LogP contribution in [0.2, 0.25) is 0 Å². The van der Waals surface area contributed by atoms with Crippen molar-refractivity contribution in [3.8, 4) is 0 Å². The van der Waals surface area contributed by atoms with Gasteiger partial charge in [-0.05, 0) is 65.9 Å². The maximum Gasteiger partial charge on any atom is 0.410 e. The molecule has 5 heterocycles. The molecule has 0 spiro atoms. The highest BCUT2D eigenvalue weighted by atomic mass is 16.6. The number of hydrogen-bond donors (Lipinski definition) is 8. The molecule has 0 aliphatic heterocycles. The smallest absolute Gasteiger partial charge is 0.410 e. The normalized spacial score (nSPS) is 11.2. The predicted molar refractivity (Wildman–Crippen MR) is 283 cm³/mol. The number of carbonyl (C=O) groups excluding carboxylic acids is 9. The van der Waals surface area contributed by atoms with Crippen molar-refractivity contribution in [2.45, 2.75) is 58.5 Å². The van der Waals surface area contributed by atoms with Crippen molar-refractivity contribution in [1.29, 1.82) is 0 Å². The standard InChI is InChI=1S/C49H70N18O10/c1-49(2,3)77-48(76)63(6)23-12-22-61(4)21-11-16-50-37(68)13-17-54-45(73)41-59-35(29-66(41)9)57-38(69)14-18-53-44(72)34-26-32(28-65(34)8)56-47(75)42-60-36(30-67(42)10)58-39(70)15-19-52-43(71)33-25-31(27-64(33)7)55-46(74)40-51-20-24-62(40)5/h20,24-30H,11-19,21-23H2,1-10H3,(H,50,68)(H,52,71)(H,53,72)(H,54,73)(H,55,74)(H,56,75)(H,57,69)(H,58,70). The van der Waals surface area contributed by atoms with Gasteiger partial charge in [-0.1, -0.05) is 0 Å². The summed E-state index contributed by atoms with van der Waals surface area (Å²) in [6.45, 7) is 8.00. The van der Waals surface area contributed by atoms with Gasteiger partial charge in [-0.25, -0.2) is 19.7 Å². The summed E-state index contributed by atoms with van der Waals surface area (Å²) >= 11 is 0. The largest absolute Gasteiger partial charge is 0.444 e. The van der Waals surface area contributed by atoms with Crippen LogP contribution < -0.4 is 42.5 Å². The summed E-state index contributed by atoms with van der Waals surface area (Å²) in [6, 6.07) is 2.94. The minimum absolute atomic E-state index is 0.0125. The predicted octanol–water partition coefficient (Wildman–Crippen LogP) is 1.40. The number of nitrogens with one attached hydrogen (secondary N) is 8. The highest BCUT2D eigenvalue weighted by molar-refractivity contribution is 6.04. The Bertz CT molecular complexity index is 2940. The summed E-state index contributed by atoms with van der Waals surface area (Å²) in [5, 5.41) is 21.4. The number of nitrogens with zero attached hydrogens (tertiary/aromatic N) is 10. The summed E-state index contributed by atoms with van der Waals surface area (Å²) in [5.74, 6) is -3.42. The van der Waals surface area contributed by atoms with Gasteiger partial charge in [0.25, 0.3) is 29.5 Å². The van der Waals surface area contributed by atoms with Crippen LogP contribution in [0.1, 0.15) is 106 Å². The molecule has 28 heteroatoms.